The molecule has 0 bridgehead atoms. The van der Waals surface area contributed by atoms with E-state index in [4.69, 9.17) is 9.94 Å². The normalized spacial score (nSPS) is 15.5. The molecule has 0 aliphatic heterocycles. The fourth-order valence-corrected chi connectivity index (χ4v) is 4.33. The molecule has 1 aliphatic rings. The summed E-state index contributed by atoms with van der Waals surface area (Å²) in [6, 6.07) is 12.2. The van der Waals surface area contributed by atoms with Crippen molar-refractivity contribution in [2.24, 2.45) is 0 Å². The van der Waals surface area contributed by atoms with Gasteiger partial charge in [-0.3, -0.25) is 14.8 Å². The Morgan fingerprint density at radius 3 is 2.32 bits per heavy atom. The minimum atomic E-state index is -0.603. The van der Waals surface area contributed by atoms with Gasteiger partial charge in [-0.1, -0.05) is 25.3 Å². The molecule has 148 valence electrons. The SMILES string of the molecule is COc1ccc(C2(C(=O)Nc3ccc(C(=O)NO)cc3)CCCCC2)cc1Br. The van der Waals surface area contributed by atoms with Crippen molar-refractivity contribution in [2.75, 3.05) is 12.4 Å². The third kappa shape index (κ3) is 4.05. The Labute approximate surface area is 172 Å². The maximum atomic E-state index is 13.4. The number of amides is 2. The molecule has 28 heavy (non-hydrogen) atoms. The largest absolute Gasteiger partial charge is 0.496 e. The third-order valence-electron chi connectivity index (χ3n) is 5.35. The van der Waals surface area contributed by atoms with Crippen molar-refractivity contribution in [1.29, 1.82) is 0 Å². The number of benzene rings is 2. The molecular formula is C21H23BrN2O4. The summed E-state index contributed by atoms with van der Waals surface area (Å²) in [5.41, 5.74) is 2.88. The Balaban J connectivity index is 1.88. The van der Waals surface area contributed by atoms with Crippen LogP contribution in [-0.2, 0) is 10.2 Å². The van der Waals surface area contributed by atoms with Crippen LogP contribution in [0.15, 0.2) is 46.9 Å². The Morgan fingerprint density at radius 2 is 1.75 bits per heavy atom. The summed E-state index contributed by atoms with van der Waals surface area (Å²) in [6.45, 7) is 0. The number of hydroxylamine groups is 1. The van der Waals surface area contributed by atoms with Gasteiger partial charge in [0.15, 0.2) is 0 Å². The van der Waals surface area contributed by atoms with Crippen LogP contribution in [0.1, 0.15) is 48.0 Å². The van der Waals surface area contributed by atoms with Gasteiger partial charge in [-0.05, 0) is 70.7 Å². The number of halogens is 1. The highest BCUT2D eigenvalue weighted by atomic mass is 79.9. The van der Waals surface area contributed by atoms with Crippen molar-refractivity contribution in [3.63, 3.8) is 0 Å². The first-order valence-corrected chi connectivity index (χ1v) is 9.99. The van der Waals surface area contributed by atoms with E-state index in [2.05, 4.69) is 21.2 Å². The van der Waals surface area contributed by atoms with Crippen LogP contribution in [0, 0.1) is 0 Å². The molecule has 1 saturated carbocycles. The van der Waals surface area contributed by atoms with Crippen LogP contribution in [-0.4, -0.2) is 24.1 Å². The summed E-state index contributed by atoms with van der Waals surface area (Å²) >= 11 is 3.53. The van der Waals surface area contributed by atoms with E-state index >= 15 is 0 Å². The Hall–Kier alpha value is -2.38. The molecule has 0 saturated heterocycles. The molecule has 0 radical (unpaired) electrons. The van der Waals surface area contributed by atoms with E-state index in [1.54, 1.807) is 36.9 Å². The monoisotopic (exact) mass is 446 g/mol. The van der Waals surface area contributed by atoms with Gasteiger partial charge in [0.2, 0.25) is 5.91 Å². The van der Waals surface area contributed by atoms with E-state index in [1.165, 1.54) is 0 Å². The zero-order valence-electron chi connectivity index (χ0n) is 15.6. The summed E-state index contributed by atoms with van der Waals surface area (Å²) in [4.78, 5) is 24.8. The van der Waals surface area contributed by atoms with E-state index in [0.717, 1.165) is 47.9 Å². The fourth-order valence-electron chi connectivity index (χ4n) is 3.79. The van der Waals surface area contributed by atoms with Crippen molar-refractivity contribution in [3.05, 3.63) is 58.1 Å². The maximum Gasteiger partial charge on any atom is 0.274 e. The van der Waals surface area contributed by atoms with Crippen LogP contribution in [0.3, 0.4) is 0 Å². The van der Waals surface area contributed by atoms with Crippen LogP contribution in [0.2, 0.25) is 0 Å². The van der Waals surface area contributed by atoms with Gasteiger partial charge >= 0.3 is 0 Å². The minimum Gasteiger partial charge on any atom is -0.496 e. The zero-order chi connectivity index (χ0) is 20.1. The van der Waals surface area contributed by atoms with E-state index in [0.29, 0.717) is 11.3 Å². The third-order valence-corrected chi connectivity index (χ3v) is 5.97. The average Bonchev–Trinajstić information content (AvgIpc) is 2.74. The maximum absolute atomic E-state index is 13.4. The lowest BCUT2D eigenvalue weighted by Gasteiger charge is -2.36. The van der Waals surface area contributed by atoms with E-state index in [-0.39, 0.29) is 5.91 Å². The molecule has 0 spiro atoms. The number of carbonyl (C=O) groups is 2. The smallest absolute Gasteiger partial charge is 0.274 e. The number of ether oxygens (including phenoxy) is 1. The topological polar surface area (TPSA) is 87.7 Å². The van der Waals surface area contributed by atoms with Gasteiger partial charge in [0.1, 0.15) is 5.75 Å². The van der Waals surface area contributed by atoms with Crippen LogP contribution in [0.4, 0.5) is 5.69 Å². The molecule has 0 atom stereocenters. The molecule has 3 N–H and O–H groups in total. The Morgan fingerprint density at radius 1 is 1.07 bits per heavy atom. The highest BCUT2D eigenvalue weighted by molar-refractivity contribution is 9.10. The molecule has 0 heterocycles. The predicted octanol–water partition coefficient (Wildman–Crippen LogP) is 4.42. The highest BCUT2D eigenvalue weighted by Crippen LogP contribution is 2.42. The molecule has 0 unspecified atom stereocenters. The zero-order valence-corrected chi connectivity index (χ0v) is 17.2. The van der Waals surface area contributed by atoms with Crippen molar-refractivity contribution in [3.8, 4) is 5.75 Å². The lowest BCUT2D eigenvalue weighted by Crippen LogP contribution is -2.42. The second kappa shape index (κ2) is 8.75. The molecule has 1 aliphatic carbocycles. The van der Waals surface area contributed by atoms with Gasteiger partial charge in [0, 0.05) is 11.3 Å². The van der Waals surface area contributed by atoms with Crippen molar-refractivity contribution >= 4 is 33.4 Å². The average molecular weight is 447 g/mol. The number of rotatable bonds is 5. The number of hydrogen-bond donors (Lipinski definition) is 3. The first-order valence-electron chi connectivity index (χ1n) is 9.20. The lowest BCUT2D eigenvalue weighted by molar-refractivity contribution is -0.122. The molecule has 0 aromatic heterocycles. The molecule has 2 amide bonds. The van der Waals surface area contributed by atoms with Gasteiger partial charge in [-0.15, -0.1) is 0 Å². The first kappa shape index (κ1) is 20.4. The number of hydrogen-bond acceptors (Lipinski definition) is 4. The second-order valence-corrected chi connectivity index (χ2v) is 7.82. The lowest BCUT2D eigenvalue weighted by atomic mass is 9.68. The molecule has 6 nitrogen and oxygen atoms in total. The Kier molecular flexibility index (Phi) is 6.36. The fraction of sp³-hybridized carbons (Fsp3) is 0.333. The van der Waals surface area contributed by atoms with Crippen LogP contribution in [0.5, 0.6) is 5.75 Å². The number of nitrogens with one attached hydrogen (secondary N) is 2. The number of anilines is 1. The summed E-state index contributed by atoms with van der Waals surface area (Å²) in [7, 11) is 1.61. The van der Waals surface area contributed by atoms with Gasteiger partial charge in [0.25, 0.3) is 5.91 Å². The van der Waals surface area contributed by atoms with E-state index in [1.807, 2.05) is 18.2 Å². The second-order valence-electron chi connectivity index (χ2n) is 6.96. The van der Waals surface area contributed by atoms with Crippen molar-refractivity contribution in [2.45, 2.75) is 37.5 Å². The summed E-state index contributed by atoms with van der Waals surface area (Å²) < 4.78 is 6.14. The molecule has 2 aromatic carbocycles. The number of carbonyl (C=O) groups excluding carboxylic acids is 2. The van der Waals surface area contributed by atoms with E-state index in [9.17, 15) is 9.59 Å². The highest BCUT2D eigenvalue weighted by Gasteiger charge is 2.41. The van der Waals surface area contributed by atoms with Gasteiger partial charge in [-0.25, -0.2) is 5.48 Å². The molecular weight excluding hydrogens is 424 g/mol. The summed E-state index contributed by atoms with van der Waals surface area (Å²) in [5, 5.41) is 11.7. The molecule has 3 rings (SSSR count). The summed E-state index contributed by atoms with van der Waals surface area (Å²) in [5.74, 6) is 0.0844. The molecule has 1 fully saturated rings. The van der Waals surface area contributed by atoms with Gasteiger partial charge in [-0.2, -0.15) is 0 Å². The minimum absolute atomic E-state index is 0.0522. The van der Waals surface area contributed by atoms with E-state index < -0.39 is 11.3 Å². The standard InChI is InChI=1S/C21H23BrN2O4/c1-28-18-10-7-15(13-17(18)22)21(11-3-2-4-12-21)20(26)23-16-8-5-14(6-9-16)19(25)24-27/h5-10,13,27H,2-4,11-12H2,1H3,(H,23,26)(H,24,25). The van der Waals surface area contributed by atoms with Crippen LogP contribution < -0.4 is 15.5 Å². The Bertz CT molecular complexity index is 861. The predicted molar refractivity (Wildman–Crippen MR) is 110 cm³/mol. The van der Waals surface area contributed by atoms with Crippen molar-refractivity contribution < 1.29 is 19.5 Å². The summed E-state index contributed by atoms with van der Waals surface area (Å²) in [6.07, 6.45) is 4.67. The number of methoxy groups -OCH3 is 1. The van der Waals surface area contributed by atoms with Crippen molar-refractivity contribution in [1.82, 2.24) is 5.48 Å². The quantitative estimate of drug-likeness (QED) is 0.468. The van der Waals surface area contributed by atoms with Gasteiger partial charge in [0.05, 0.1) is 17.0 Å². The molecule has 7 heteroatoms. The van der Waals surface area contributed by atoms with Gasteiger partial charge < -0.3 is 10.1 Å². The van der Waals surface area contributed by atoms with Crippen LogP contribution >= 0.6 is 15.9 Å². The molecule has 2 aromatic rings. The first-order chi connectivity index (χ1) is 13.5. The van der Waals surface area contributed by atoms with Crippen LogP contribution in [0.25, 0.3) is 0 Å².